The van der Waals surface area contributed by atoms with E-state index in [2.05, 4.69) is 49.3 Å². The van der Waals surface area contributed by atoms with Gasteiger partial charge in [0.1, 0.15) is 0 Å². The standard InChI is InChI=1S/C19H30N2/c1-14-6-8-18(15(2)11-14)20-13-16-7-9-19-17(12-16)5-4-10-21(19)3/h7,9,12,14-15,18,20H,4-6,8,10-11,13H2,1-3H3. The van der Waals surface area contributed by atoms with Crippen LogP contribution in [0.4, 0.5) is 5.69 Å². The van der Waals surface area contributed by atoms with Crippen molar-refractivity contribution in [3.63, 3.8) is 0 Å². The molecule has 0 bridgehead atoms. The predicted molar refractivity (Wildman–Crippen MR) is 90.8 cm³/mol. The summed E-state index contributed by atoms with van der Waals surface area (Å²) in [4.78, 5) is 2.39. The first-order valence-corrected chi connectivity index (χ1v) is 8.70. The van der Waals surface area contributed by atoms with Gasteiger partial charge in [0.2, 0.25) is 0 Å². The van der Waals surface area contributed by atoms with E-state index in [1.54, 1.807) is 0 Å². The number of fused-ring (bicyclic) bond motifs is 1. The predicted octanol–water partition coefficient (Wildman–Crippen LogP) is 3.98. The number of nitrogens with zero attached hydrogens (tertiary/aromatic N) is 1. The van der Waals surface area contributed by atoms with Crippen LogP contribution in [-0.4, -0.2) is 19.6 Å². The van der Waals surface area contributed by atoms with Gasteiger partial charge in [-0.15, -0.1) is 0 Å². The highest BCUT2D eigenvalue weighted by atomic mass is 15.1. The molecule has 0 aromatic heterocycles. The molecular weight excluding hydrogens is 256 g/mol. The third kappa shape index (κ3) is 3.42. The van der Waals surface area contributed by atoms with E-state index in [1.165, 1.54) is 55.5 Å². The summed E-state index contributed by atoms with van der Waals surface area (Å²) in [6.07, 6.45) is 6.64. The van der Waals surface area contributed by atoms with Gasteiger partial charge in [-0.25, -0.2) is 0 Å². The highest BCUT2D eigenvalue weighted by Crippen LogP contribution is 2.30. The van der Waals surface area contributed by atoms with Gasteiger partial charge in [-0.3, -0.25) is 0 Å². The molecule has 21 heavy (non-hydrogen) atoms. The van der Waals surface area contributed by atoms with Crippen LogP contribution in [0.25, 0.3) is 0 Å². The Labute approximate surface area is 129 Å². The SMILES string of the molecule is CC1CCC(NCc2ccc3c(c2)CCCN3C)C(C)C1. The summed E-state index contributed by atoms with van der Waals surface area (Å²) in [5.74, 6) is 1.73. The second kappa shape index (κ2) is 6.39. The van der Waals surface area contributed by atoms with E-state index in [4.69, 9.17) is 0 Å². The molecule has 1 N–H and O–H groups in total. The van der Waals surface area contributed by atoms with Gasteiger partial charge in [0.25, 0.3) is 0 Å². The first-order chi connectivity index (χ1) is 10.1. The second-order valence-electron chi connectivity index (χ2n) is 7.37. The maximum Gasteiger partial charge on any atom is 0.0396 e. The fraction of sp³-hybridized carbons (Fsp3) is 0.684. The van der Waals surface area contributed by atoms with E-state index in [9.17, 15) is 0 Å². The van der Waals surface area contributed by atoms with Crippen LogP contribution in [0.5, 0.6) is 0 Å². The molecule has 0 radical (unpaired) electrons. The lowest BCUT2D eigenvalue weighted by molar-refractivity contribution is 0.227. The molecule has 1 aromatic carbocycles. The zero-order valence-corrected chi connectivity index (χ0v) is 13.9. The summed E-state index contributed by atoms with van der Waals surface area (Å²) >= 11 is 0. The largest absolute Gasteiger partial charge is 0.374 e. The van der Waals surface area contributed by atoms with E-state index in [1.807, 2.05) is 0 Å². The van der Waals surface area contributed by atoms with E-state index >= 15 is 0 Å². The Morgan fingerprint density at radius 1 is 1.24 bits per heavy atom. The average Bonchev–Trinajstić information content (AvgIpc) is 2.46. The van der Waals surface area contributed by atoms with Crippen LogP contribution in [0.3, 0.4) is 0 Å². The minimum Gasteiger partial charge on any atom is -0.374 e. The summed E-state index contributed by atoms with van der Waals surface area (Å²) < 4.78 is 0. The van der Waals surface area contributed by atoms with Crippen molar-refractivity contribution in [3.8, 4) is 0 Å². The number of benzene rings is 1. The number of hydrogen-bond acceptors (Lipinski definition) is 2. The molecule has 3 atom stereocenters. The monoisotopic (exact) mass is 286 g/mol. The highest BCUT2D eigenvalue weighted by molar-refractivity contribution is 5.56. The molecule has 0 amide bonds. The summed E-state index contributed by atoms with van der Waals surface area (Å²) in [5, 5.41) is 3.81. The minimum absolute atomic E-state index is 0.708. The Kier molecular flexibility index (Phi) is 4.54. The van der Waals surface area contributed by atoms with E-state index in [0.717, 1.165) is 18.4 Å². The van der Waals surface area contributed by atoms with Gasteiger partial charge in [-0.05, 0) is 61.1 Å². The Hall–Kier alpha value is -1.02. The van der Waals surface area contributed by atoms with Gasteiger partial charge in [0.15, 0.2) is 0 Å². The molecule has 2 heteroatoms. The van der Waals surface area contributed by atoms with E-state index in [0.29, 0.717) is 6.04 Å². The Morgan fingerprint density at radius 3 is 2.90 bits per heavy atom. The minimum atomic E-state index is 0.708. The lowest BCUT2D eigenvalue weighted by atomic mass is 9.80. The third-order valence-corrected chi connectivity index (χ3v) is 5.49. The molecule has 2 nitrogen and oxygen atoms in total. The highest BCUT2D eigenvalue weighted by Gasteiger charge is 2.24. The van der Waals surface area contributed by atoms with Crippen LogP contribution in [0.2, 0.25) is 0 Å². The lowest BCUT2D eigenvalue weighted by Gasteiger charge is -2.33. The topological polar surface area (TPSA) is 15.3 Å². The maximum atomic E-state index is 3.81. The van der Waals surface area contributed by atoms with Crippen molar-refractivity contribution in [1.82, 2.24) is 5.32 Å². The van der Waals surface area contributed by atoms with Crippen molar-refractivity contribution >= 4 is 5.69 Å². The molecule has 1 aromatic rings. The first-order valence-electron chi connectivity index (χ1n) is 8.70. The maximum absolute atomic E-state index is 3.81. The molecule has 1 aliphatic heterocycles. The fourth-order valence-corrected chi connectivity index (χ4v) is 4.17. The number of hydrogen-bond donors (Lipinski definition) is 1. The molecule has 0 spiro atoms. The summed E-state index contributed by atoms with van der Waals surface area (Å²) in [6, 6.07) is 7.76. The van der Waals surface area contributed by atoms with Crippen molar-refractivity contribution in [2.75, 3.05) is 18.5 Å². The normalized spacial score (nSPS) is 29.3. The number of aryl methyl sites for hydroxylation is 1. The molecule has 2 aliphatic rings. The lowest BCUT2D eigenvalue weighted by Crippen LogP contribution is -2.38. The number of nitrogens with one attached hydrogen (secondary N) is 1. The van der Waals surface area contributed by atoms with Gasteiger partial charge in [0.05, 0.1) is 0 Å². The third-order valence-electron chi connectivity index (χ3n) is 5.49. The second-order valence-corrected chi connectivity index (χ2v) is 7.37. The number of rotatable bonds is 3. The Bertz CT molecular complexity index is 482. The number of anilines is 1. The fourth-order valence-electron chi connectivity index (χ4n) is 4.17. The van der Waals surface area contributed by atoms with Crippen molar-refractivity contribution in [2.24, 2.45) is 11.8 Å². The molecule has 116 valence electrons. The zero-order chi connectivity index (χ0) is 14.8. The van der Waals surface area contributed by atoms with Crippen molar-refractivity contribution in [2.45, 2.75) is 58.5 Å². The summed E-state index contributed by atoms with van der Waals surface area (Å²) in [6.45, 7) is 7.03. The molecule has 1 aliphatic carbocycles. The smallest absolute Gasteiger partial charge is 0.0396 e. The van der Waals surface area contributed by atoms with Crippen molar-refractivity contribution in [3.05, 3.63) is 29.3 Å². The van der Waals surface area contributed by atoms with Crippen LogP contribution >= 0.6 is 0 Å². The van der Waals surface area contributed by atoms with E-state index in [-0.39, 0.29) is 0 Å². The van der Waals surface area contributed by atoms with Crippen molar-refractivity contribution < 1.29 is 0 Å². The van der Waals surface area contributed by atoms with Gasteiger partial charge >= 0.3 is 0 Å². The van der Waals surface area contributed by atoms with Crippen molar-refractivity contribution in [1.29, 1.82) is 0 Å². The average molecular weight is 286 g/mol. The van der Waals surface area contributed by atoms with E-state index < -0.39 is 0 Å². The summed E-state index contributed by atoms with van der Waals surface area (Å²) in [7, 11) is 2.21. The van der Waals surface area contributed by atoms with Gasteiger partial charge in [0, 0.05) is 31.9 Å². The molecular formula is C19H30N2. The molecule has 1 fully saturated rings. The van der Waals surface area contributed by atoms with Crippen LogP contribution in [0.1, 0.15) is 50.7 Å². The Balaban J connectivity index is 1.61. The molecule has 1 saturated carbocycles. The Morgan fingerprint density at radius 2 is 2.10 bits per heavy atom. The van der Waals surface area contributed by atoms with Crippen LogP contribution < -0.4 is 10.2 Å². The van der Waals surface area contributed by atoms with Gasteiger partial charge in [-0.2, -0.15) is 0 Å². The van der Waals surface area contributed by atoms with Crippen LogP contribution in [0, 0.1) is 11.8 Å². The first kappa shape index (κ1) is 14.9. The van der Waals surface area contributed by atoms with Gasteiger partial charge in [-0.1, -0.05) is 26.0 Å². The quantitative estimate of drug-likeness (QED) is 0.904. The van der Waals surface area contributed by atoms with Crippen LogP contribution in [-0.2, 0) is 13.0 Å². The summed E-state index contributed by atoms with van der Waals surface area (Å²) in [5.41, 5.74) is 4.42. The van der Waals surface area contributed by atoms with Gasteiger partial charge < -0.3 is 10.2 Å². The molecule has 3 rings (SSSR count). The zero-order valence-electron chi connectivity index (χ0n) is 13.9. The molecule has 3 unspecified atom stereocenters. The van der Waals surface area contributed by atoms with Crippen LogP contribution in [0.15, 0.2) is 18.2 Å². The molecule has 0 saturated heterocycles. The molecule has 1 heterocycles.